The Morgan fingerprint density at radius 3 is 1.79 bits per heavy atom. The molecule has 32 nitrogen and oxygen atoms in total. The molecular weight excluding hydrogens is 1470 g/mol. The summed E-state index contributed by atoms with van der Waals surface area (Å²) in [5.41, 5.74) is 19.5. The van der Waals surface area contributed by atoms with Crippen molar-refractivity contribution in [2.24, 2.45) is 29.0 Å². The van der Waals surface area contributed by atoms with Gasteiger partial charge in [-0.2, -0.15) is 23.5 Å². The van der Waals surface area contributed by atoms with Gasteiger partial charge < -0.3 is 99.3 Å². The van der Waals surface area contributed by atoms with Gasteiger partial charge in [-0.15, -0.1) is 0 Å². The van der Waals surface area contributed by atoms with Crippen molar-refractivity contribution in [1.29, 1.82) is 0 Å². The van der Waals surface area contributed by atoms with Gasteiger partial charge in [-0.05, 0) is 80.9 Å². The molecule has 3 saturated heterocycles. The zero-order valence-electron chi connectivity index (χ0n) is 65.5. The van der Waals surface area contributed by atoms with Gasteiger partial charge in [0.1, 0.15) is 42.3 Å². The molecule has 16 N–H and O–H groups in total. The molecule has 0 spiro atoms. The number of ether oxygens (including phenoxy) is 3. The van der Waals surface area contributed by atoms with Gasteiger partial charge >= 0.3 is 0 Å². The maximum atomic E-state index is 15.1. The third-order valence-electron chi connectivity index (χ3n) is 19.5. The molecule has 2 aromatic carbocycles. The first-order chi connectivity index (χ1) is 53.6. The topological polar surface area (TPSA) is 444 Å². The largest absolute Gasteiger partial charge is 0.379 e. The van der Waals surface area contributed by atoms with Crippen LogP contribution in [0.25, 0.3) is 0 Å². The summed E-state index contributed by atoms with van der Waals surface area (Å²) >= 11 is 3.01. The Morgan fingerprint density at radius 2 is 1.18 bits per heavy atom. The van der Waals surface area contributed by atoms with Crippen LogP contribution >= 0.6 is 23.5 Å². The number of fused-ring (bicyclic) bond motifs is 4. The number of rotatable bonds is 40. The molecule has 0 unspecified atom stereocenters. The highest BCUT2D eigenvalue weighted by Crippen LogP contribution is 2.28. The molecule has 2 aromatic rings. The summed E-state index contributed by atoms with van der Waals surface area (Å²) in [4.78, 5) is 173. The molecule has 0 radical (unpaired) electrons. The number of hydrogen-bond donors (Lipinski definition) is 13. The van der Waals surface area contributed by atoms with Crippen LogP contribution in [-0.4, -0.2) is 288 Å². The van der Waals surface area contributed by atoms with E-state index >= 15 is 4.79 Å². The summed E-state index contributed by atoms with van der Waals surface area (Å²) in [6.45, 7) is 16.5. The first kappa shape index (κ1) is 92.3. The van der Waals surface area contributed by atoms with Gasteiger partial charge in [-0.3, -0.25) is 62.4 Å². The van der Waals surface area contributed by atoms with Crippen molar-refractivity contribution in [3.05, 3.63) is 71.3 Å². The van der Waals surface area contributed by atoms with Crippen molar-refractivity contribution >= 4 is 94.4 Å². The number of nitrogens with two attached hydrogens (primary N) is 3. The minimum Gasteiger partial charge on any atom is -0.379 e. The number of nitrogens with one attached hydrogen (secondary N) is 10. The first-order valence-corrected chi connectivity index (χ1v) is 42.0. The van der Waals surface area contributed by atoms with E-state index in [9.17, 15) is 52.7 Å². The fourth-order valence-electron chi connectivity index (χ4n) is 13.5. The van der Waals surface area contributed by atoms with Gasteiger partial charge in [0, 0.05) is 160 Å². The van der Waals surface area contributed by atoms with Gasteiger partial charge in [-0.1, -0.05) is 88.2 Å². The number of carbonyl (C=O) groups excluding carboxylic acids is 12. The highest BCUT2D eigenvalue weighted by Gasteiger charge is 2.45. The number of primary amides is 1. The number of thioether (sulfide) groups is 2. The highest BCUT2D eigenvalue weighted by atomic mass is 32.2. The molecule has 2 bridgehead atoms. The van der Waals surface area contributed by atoms with E-state index in [-0.39, 0.29) is 106 Å². The van der Waals surface area contributed by atoms with E-state index < -0.39 is 101 Å². The summed E-state index contributed by atoms with van der Waals surface area (Å²) in [6.07, 6.45) is 3.35. The third-order valence-corrected chi connectivity index (χ3v) is 21.9. The van der Waals surface area contributed by atoms with E-state index in [2.05, 4.69) is 59.2 Å². The molecule has 620 valence electrons. The lowest BCUT2D eigenvalue weighted by Crippen LogP contribution is -2.60. The van der Waals surface area contributed by atoms with Crippen LogP contribution in [0.2, 0.25) is 0 Å². The van der Waals surface area contributed by atoms with E-state index in [0.29, 0.717) is 174 Å². The summed E-state index contributed by atoms with van der Waals surface area (Å²) in [5, 5.41) is 29.5. The van der Waals surface area contributed by atoms with Gasteiger partial charge in [0.05, 0.1) is 38.9 Å². The fraction of sp³-hybridized carbons (Fsp3) is 0.688. The Kier molecular flexibility index (Phi) is 43.2. The normalized spacial score (nSPS) is 21.3. The van der Waals surface area contributed by atoms with Crippen LogP contribution in [0.5, 0.6) is 0 Å². The molecule has 6 rings (SSSR count). The number of hydrogen-bond acceptors (Lipinski definition) is 22. The minimum atomic E-state index is -1.35. The zero-order valence-corrected chi connectivity index (χ0v) is 67.1. The molecule has 4 heterocycles. The Bertz CT molecular complexity index is 3240. The lowest BCUT2D eigenvalue weighted by Gasteiger charge is -2.36. The van der Waals surface area contributed by atoms with E-state index in [0.717, 1.165) is 16.7 Å². The number of amides is 12. The van der Waals surface area contributed by atoms with Gasteiger partial charge in [-0.25, -0.2) is 0 Å². The van der Waals surface area contributed by atoms with Gasteiger partial charge in [0.2, 0.25) is 70.9 Å². The van der Waals surface area contributed by atoms with Crippen LogP contribution in [-0.2, 0) is 89.7 Å². The molecule has 0 aliphatic carbocycles. The summed E-state index contributed by atoms with van der Waals surface area (Å²) < 4.78 is 17.0. The maximum absolute atomic E-state index is 15.1. The van der Waals surface area contributed by atoms with Crippen LogP contribution in [0.4, 0.5) is 0 Å². The quantitative estimate of drug-likeness (QED) is 0.0361. The smallest absolute Gasteiger partial charge is 0.246 e. The number of unbranched alkanes of at least 4 members (excludes halogenated alkanes) is 1. The monoisotopic (exact) mass is 1590 g/mol. The number of nitrogens with zero attached hydrogens (tertiary/aromatic N) is 4. The molecule has 34 heteroatoms. The molecule has 3 fully saturated rings. The van der Waals surface area contributed by atoms with E-state index in [1.807, 2.05) is 72.2 Å². The van der Waals surface area contributed by atoms with Crippen LogP contribution in [0.1, 0.15) is 128 Å². The summed E-state index contributed by atoms with van der Waals surface area (Å²) in [6, 6.07) is 8.82. The predicted molar refractivity (Wildman–Crippen MR) is 426 cm³/mol. The highest BCUT2D eigenvalue weighted by molar-refractivity contribution is 7.98. The van der Waals surface area contributed by atoms with Crippen LogP contribution in [0.15, 0.2) is 54.6 Å². The summed E-state index contributed by atoms with van der Waals surface area (Å²) in [5.74, 6) is -4.88. The Morgan fingerprint density at radius 1 is 0.604 bits per heavy atom. The molecular formula is C77H125N17O15S2. The SMILES string of the molecule is CCCC[C@H](NC(=O)CCC(=O)NCCCOCCOCCOCCCNC(=O)CN1CCN(C(=O)C(CNCCN)CNCCN)CC1)C(=O)N[C@H]1CSCc2cccc(c2)CSC[C@@H](C)NC(=O)[C@H](Cc2ccccc2)NC(=O)[C@H](CCC(N)=O)NC(=O)[C@H](C(C)C)NC(=O)[C@@H]2CCCN2C(=O)[C@@H]2CCCN2C1=O. The average molecular weight is 1590 g/mol. The van der Waals surface area contributed by atoms with E-state index in [1.165, 1.54) is 21.6 Å². The minimum absolute atomic E-state index is 0.0763. The standard InChI is InChI=1S/C77H125N17O15S2/c1-5-6-19-59(86-67(97)25-24-66(96)83-28-13-38-107-40-42-109-43-41-108-39-14-29-84-68(98)48-91-34-36-92(37-35-91)75(104)58(46-81-30-26-78)47-82-31-27-79)70(99)89-62-52-111-51-57-18-10-17-56(44-57)50-110-49-54(4)85-72(101)61(45-55-15-8-7-9-16-55)88-71(100)60(22-23-65(80)95)87-74(103)69(53(2)3)90-73(102)63-20-11-32-93(63)77(106)64-21-12-33-94(64)76(62)105/h7-10,15-18,44,53-54,58-64,69,81-82H,5-6,11-14,19-43,45-52,78-79H2,1-4H3,(H2,80,95)(H,83,96)(H,84,98)(H,85,101)(H,86,97)(H,87,103)(H,88,100)(H,89,99)(H,90,102)/t54-,59+,60+,61+,62+,63+,64+,69+/m1/s1. The Labute approximate surface area is 662 Å². The van der Waals surface area contributed by atoms with Gasteiger partial charge in [0.15, 0.2) is 0 Å². The first-order valence-electron chi connectivity index (χ1n) is 39.7. The van der Waals surface area contributed by atoms with Crippen molar-refractivity contribution in [1.82, 2.24) is 72.8 Å². The van der Waals surface area contributed by atoms with Gasteiger partial charge in [0.25, 0.3) is 0 Å². The third kappa shape index (κ3) is 34.0. The second-order valence-electron chi connectivity index (χ2n) is 29.0. The van der Waals surface area contributed by atoms with Crippen molar-refractivity contribution < 1.29 is 71.7 Å². The van der Waals surface area contributed by atoms with Crippen LogP contribution in [0.3, 0.4) is 0 Å². The molecule has 8 atom stereocenters. The van der Waals surface area contributed by atoms with Crippen molar-refractivity contribution in [3.63, 3.8) is 0 Å². The molecule has 12 amide bonds. The molecule has 4 aliphatic rings. The second-order valence-corrected chi connectivity index (χ2v) is 31.1. The lowest BCUT2D eigenvalue weighted by atomic mass is 10.0. The van der Waals surface area contributed by atoms with E-state index in [1.54, 1.807) is 25.6 Å². The fourth-order valence-corrected chi connectivity index (χ4v) is 15.4. The van der Waals surface area contributed by atoms with Crippen LogP contribution in [0, 0.1) is 11.8 Å². The Balaban J connectivity index is 0.968. The molecule has 4 aliphatic heterocycles. The number of piperazine rings is 1. The molecule has 111 heavy (non-hydrogen) atoms. The van der Waals surface area contributed by atoms with Crippen molar-refractivity contribution in [2.45, 2.75) is 177 Å². The Hall–Kier alpha value is -7.54. The maximum Gasteiger partial charge on any atom is 0.246 e. The van der Waals surface area contributed by atoms with Crippen molar-refractivity contribution in [3.8, 4) is 0 Å². The van der Waals surface area contributed by atoms with Crippen LogP contribution < -0.4 is 70.4 Å². The number of carbonyl (C=O) groups is 12. The zero-order chi connectivity index (χ0) is 80.3. The van der Waals surface area contributed by atoms with Crippen molar-refractivity contribution in [2.75, 3.05) is 149 Å². The molecule has 0 aromatic heterocycles. The van der Waals surface area contributed by atoms with E-state index in [4.69, 9.17) is 31.4 Å². The predicted octanol–water partition coefficient (Wildman–Crippen LogP) is -0.869. The second kappa shape index (κ2) is 52.0. The average Bonchev–Trinajstić information content (AvgIpc) is 1.69. The number of benzene rings is 2. The summed E-state index contributed by atoms with van der Waals surface area (Å²) in [7, 11) is 0. The lowest BCUT2D eigenvalue weighted by molar-refractivity contribution is -0.148. The molecule has 0 saturated carbocycles.